The normalized spacial score (nSPS) is 13.4. The number of ether oxygens (including phenoxy) is 2. The van der Waals surface area contributed by atoms with E-state index in [-0.39, 0.29) is 18.0 Å². The molecule has 144 valence electrons. The van der Waals surface area contributed by atoms with E-state index in [4.69, 9.17) is 9.47 Å². The quantitative estimate of drug-likeness (QED) is 0.655. The molecule has 6 nitrogen and oxygen atoms in total. The summed E-state index contributed by atoms with van der Waals surface area (Å²) in [6.45, 7) is 4.14. The van der Waals surface area contributed by atoms with Crippen LogP contribution in [-0.4, -0.2) is 27.5 Å². The Hall–Kier alpha value is -2.93. The van der Waals surface area contributed by atoms with Crippen molar-refractivity contribution in [1.82, 2.24) is 9.55 Å². The number of carbonyl (C=O) groups is 1. The maximum absolute atomic E-state index is 12.6. The number of aromatic nitrogens is 2. The standard InChI is InChI=1S/C21H21N3O3S/c1-13-4-6-15(7-5-13)17-11-22-21(24(17)3)28-14(2)20(25)23-16-8-9-18-19(10-16)27-12-26-18/h4-11,14H,12H2,1-3H3,(H,23,25)/t14-/m0/s1. The number of nitrogens with one attached hydrogen (secondary N) is 1. The summed E-state index contributed by atoms with van der Waals surface area (Å²) in [7, 11) is 1.97. The van der Waals surface area contributed by atoms with Crippen LogP contribution < -0.4 is 14.8 Å². The van der Waals surface area contributed by atoms with Gasteiger partial charge < -0.3 is 19.4 Å². The van der Waals surface area contributed by atoms with Gasteiger partial charge in [0.25, 0.3) is 0 Å². The van der Waals surface area contributed by atoms with Crippen molar-refractivity contribution in [2.24, 2.45) is 7.05 Å². The average molecular weight is 395 g/mol. The van der Waals surface area contributed by atoms with Gasteiger partial charge in [-0.3, -0.25) is 4.79 Å². The van der Waals surface area contributed by atoms with E-state index < -0.39 is 0 Å². The van der Waals surface area contributed by atoms with E-state index in [1.807, 2.05) is 24.7 Å². The topological polar surface area (TPSA) is 65.4 Å². The Morgan fingerprint density at radius 2 is 1.93 bits per heavy atom. The van der Waals surface area contributed by atoms with E-state index in [0.29, 0.717) is 17.2 Å². The zero-order valence-electron chi connectivity index (χ0n) is 15.9. The lowest BCUT2D eigenvalue weighted by Gasteiger charge is -2.13. The fourth-order valence-corrected chi connectivity index (χ4v) is 3.78. The molecule has 1 N–H and O–H groups in total. The summed E-state index contributed by atoms with van der Waals surface area (Å²) in [6, 6.07) is 13.7. The minimum atomic E-state index is -0.308. The first-order valence-corrected chi connectivity index (χ1v) is 9.85. The maximum atomic E-state index is 12.6. The summed E-state index contributed by atoms with van der Waals surface area (Å²) in [5, 5.41) is 3.41. The number of thioether (sulfide) groups is 1. The fourth-order valence-electron chi connectivity index (χ4n) is 2.92. The molecule has 2 aromatic carbocycles. The van der Waals surface area contributed by atoms with Crippen molar-refractivity contribution in [3.63, 3.8) is 0 Å². The maximum Gasteiger partial charge on any atom is 0.237 e. The molecule has 1 amide bonds. The van der Waals surface area contributed by atoms with Crippen LogP contribution in [-0.2, 0) is 11.8 Å². The Labute approximate surface area is 167 Å². The highest BCUT2D eigenvalue weighted by Gasteiger charge is 2.20. The van der Waals surface area contributed by atoms with E-state index in [1.54, 1.807) is 18.2 Å². The number of amides is 1. The molecule has 1 aromatic heterocycles. The van der Waals surface area contributed by atoms with Crippen molar-refractivity contribution in [1.29, 1.82) is 0 Å². The molecule has 1 aliphatic rings. The van der Waals surface area contributed by atoms with Gasteiger partial charge in [0.2, 0.25) is 12.7 Å². The Balaban J connectivity index is 1.44. The van der Waals surface area contributed by atoms with Crippen molar-refractivity contribution in [3.05, 3.63) is 54.2 Å². The fraction of sp³-hybridized carbons (Fsp3) is 0.238. The number of carbonyl (C=O) groups excluding carboxylic acids is 1. The Morgan fingerprint density at radius 3 is 2.71 bits per heavy atom. The smallest absolute Gasteiger partial charge is 0.237 e. The predicted molar refractivity (Wildman–Crippen MR) is 110 cm³/mol. The van der Waals surface area contributed by atoms with Crippen LogP contribution in [0.15, 0.2) is 53.8 Å². The third-order valence-electron chi connectivity index (χ3n) is 4.58. The molecule has 1 aliphatic heterocycles. The summed E-state index contributed by atoms with van der Waals surface area (Å²) < 4.78 is 12.7. The predicted octanol–water partition coefficient (Wildman–Crippen LogP) is 4.24. The summed E-state index contributed by atoms with van der Waals surface area (Å²) in [5.74, 6) is 1.24. The molecule has 2 heterocycles. The Kier molecular flexibility index (Phi) is 5.00. The molecule has 0 bridgehead atoms. The molecule has 0 saturated heterocycles. The Morgan fingerprint density at radius 1 is 1.18 bits per heavy atom. The highest BCUT2D eigenvalue weighted by molar-refractivity contribution is 8.00. The minimum absolute atomic E-state index is 0.0937. The van der Waals surface area contributed by atoms with Crippen molar-refractivity contribution in [2.75, 3.05) is 12.1 Å². The second-order valence-electron chi connectivity index (χ2n) is 6.67. The zero-order valence-corrected chi connectivity index (χ0v) is 16.7. The van der Waals surface area contributed by atoms with Crippen LogP contribution in [0.3, 0.4) is 0 Å². The number of hydrogen-bond acceptors (Lipinski definition) is 5. The second kappa shape index (κ2) is 7.59. The van der Waals surface area contributed by atoms with Crippen LogP contribution in [0.25, 0.3) is 11.3 Å². The highest BCUT2D eigenvalue weighted by Crippen LogP contribution is 2.34. The number of nitrogens with zero attached hydrogens (tertiary/aromatic N) is 2. The number of benzene rings is 2. The number of hydrogen-bond donors (Lipinski definition) is 1. The van der Waals surface area contributed by atoms with Gasteiger partial charge in [0.15, 0.2) is 16.7 Å². The molecule has 28 heavy (non-hydrogen) atoms. The number of rotatable bonds is 5. The van der Waals surface area contributed by atoms with Gasteiger partial charge in [-0.2, -0.15) is 0 Å². The number of fused-ring (bicyclic) bond motifs is 1. The molecule has 0 spiro atoms. The third-order valence-corrected chi connectivity index (χ3v) is 5.74. The first kappa shape index (κ1) is 18.4. The summed E-state index contributed by atoms with van der Waals surface area (Å²) in [5.41, 5.74) is 4.02. The average Bonchev–Trinajstić information content (AvgIpc) is 3.29. The van der Waals surface area contributed by atoms with Gasteiger partial charge in [0.05, 0.1) is 17.1 Å². The molecule has 0 radical (unpaired) electrons. The van der Waals surface area contributed by atoms with Crippen LogP contribution in [0.5, 0.6) is 11.5 Å². The van der Waals surface area contributed by atoms with Gasteiger partial charge in [-0.1, -0.05) is 41.6 Å². The van der Waals surface area contributed by atoms with Gasteiger partial charge >= 0.3 is 0 Å². The Bertz CT molecular complexity index is 1010. The van der Waals surface area contributed by atoms with Gasteiger partial charge in [-0.15, -0.1) is 0 Å². The van der Waals surface area contributed by atoms with Crippen molar-refractivity contribution >= 4 is 23.4 Å². The first-order chi connectivity index (χ1) is 13.5. The van der Waals surface area contributed by atoms with Crippen molar-refractivity contribution in [3.8, 4) is 22.8 Å². The monoisotopic (exact) mass is 395 g/mol. The molecule has 3 aromatic rings. The van der Waals surface area contributed by atoms with E-state index >= 15 is 0 Å². The van der Waals surface area contributed by atoms with E-state index in [9.17, 15) is 4.79 Å². The first-order valence-electron chi connectivity index (χ1n) is 8.97. The lowest BCUT2D eigenvalue weighted by Crippen LogP contribution is -2.22. The van der Waals surface area contributed by atoms with Crippen LogP contribution in [0.1, 0.15) is 12.5 Å². The third kappa shape index (κ3) is 3.71. The molecule has 1 atom stereocenters. The number of anilines is 1. The molecule has 0 aliphatic carbocycles. The van der Waals surface area contributed by atoms with Crippen LogP contribution in [0, 0.1) is 6.92 Å². The van der Waals surface area contributed by atoms with Gasteiger partial charge in [-0.05, 0) is 31.5 Å². The molecular formula is C21H21N3O3S. The molecule has 4 rings (SSSR count). The summed E-state index contributed by atoms with van der Waals surface area (Å²) >= 11 is 1.43. The van der Waals surface area contributed by atoms with Gasteiger partial charge in [0.1, 0.15) is 0 Å². The van der Waals surface area contributed by atoms with Crippen molar-refractivity contribution < 1.29 is 14.3 Å². The summed E-state index contributed by atoms with van der Waals surface area (Å²) in [4.78, 5) is 17.1. The molecule has 0 fully saturated rings. The zero-order chi connectivity index (χ0) is 19.7. The lowest BCUT2D eigenvalue weighted by atomic mass is 10.1. The summed E-state index contributed by atoms with van der Waals surface area (Å²) in [6.07, 6.45) is 1.84. The second-order valence-corrected chi connectivity index (χ2v) is 7.98. The number of imidazole rings is 1. The van der Waals surface area contributed by atoms with Gasteiger partial charge in [0, 0.05) is 18.8 Å². The van der Waals surface area contributed by atoms with E-state index in [2.05, 4.69) is 41.5 Å². The van der Waals surface area contributed by atoms with E-state index in [0.717, 1.165) is 16.4 Å². The minimum Gasteiger partial charge on any atom is -0.454 e. The van der Waals surface area contributed by atoms with E-state index in [1.165, 1.54) is 17.3 Å². The van der Waals surface area contributed by atoms with Crippen molar-refractivity contribution in [2.45, 2.75) is 24.3 Å². The van der Waals surface area contributed by atoms with Crippen LogP contribution in [0.4, 0.5) is 5.69 Å². The van der Waals surface area contributed by atoms with Gasteiger partial charge in [-0.25, -0.2) is 4.98 Å². The van der Waals surface area contributed by atoms with Crippen LogP contribution in [0.2, 0.25) is 0 Å². The number of aryl methyl sites for hydroxylation is 1. The van der Waals surface area contributed by atoms with Crippen LogP contribution >= 0.6 is 11.8 Å². The molecule has 0 saturated carbocycles. The molecule has 0 unspecified atom stereocenters. The lowest BCUT2D eigenvalue weighted by molar-refractivity contribution is -0.115. The SMILES string of the molecule is Cc1ccc(-c2cnc(S[C@@H](C)C(=O)Nc3ccc4c(c3)OCO4)n2C)cc1. The largest absolute Gasteiger partial charge is 0.454 e. The molecular weight excluding hydrogens is 374 g/mol. The highest BCUT2D eigenvalue weighted by atomic mass is 32.2. The molecule has 7 heteroatoms.